The number of pyridine rings is 1. The lowest BCUT2D eigenvalue weighted by atomic mass is 9.80. The van der Waals surface area contributed by atoms with Crippen molar-refractivity contribution in [3.05, 3.63) is 53.7 Å². The maximum absolute atomic E-state index is 9.33. The summed E-state index contributed by atoms with van der Waals surface area (Å²) in [4.78, 5) is 6.69. The van der Waals surface area contributed by atoms with Crippen molar-refractivity contribution in [2.45, 2.75) is 24.8 Å². The molecule has 0 amide bonds. The predicted octanol–water partition coefficient (Wildman–Crippen LogP) is 2.44. The highest BCUT2D eigenvalue weighted by Crippen LogP contribution is 2.34. The summed E-state index contributed by atoms with van der Waals surface area (Å²) >= 11 is 0. The van der Waals surface area contributed by atoms with Crippen molar-refractivity contribution in [1.82, 2.24) is 15.8 Å². The van der Waals surface area contributed by atoms with Gasteiger partial charge in [-0.1, -0.05) is 12.1 Å². The number of hydrazine groups is 1. The van der Waals surface area contributed by atoms with Crippen LogP contribution in [0.15, 0.2) is 42.6 Å². The third-order valence-corrected chi connectivity index (χ3v) is 5.80. The van der Waals surface area contributed by atoms with Crippen molar-refractivity contribution in [3.8, 4) is 11.8 Å². The third kappa shape index (κ3) is 3.61. The summed E-state index contributed by atoms with van der Waals surface area (Å²) in [6.45, 7) is 2.79. The fourth-order valence-corrected chi connectivity index (χ4v) is 4.36. The van der Waals surface area contributed by atoms with E-state index in [0.29, 0.717) is 23.4 Å². The first-order valence-electron chi connectivity index (χ1n) is 9.52. The molecule has 3 heterocycles. The molecule has 2 aliphatic rings. The standard InChI is InChI=1S/C21H25N5O/c1-27-18-6-2-4-16(12-18)19-14-24-25-20(19)15-7-10-26(11-8-15)21-17(13-22)5-3-9-23-21/h2-6,9,12,15,19-20,24-25H,7-8,10-11,14H2,1H3. The minimum Gasteiger partial charge on any atom is -0.497 e. The van der Waals surface area contributed by atoms with Crippen LogP contribution in [0.2, 0.25) is 0 Å². The van der Waals surface area contributed by atoms with E-state index >= 15 is 0 Å². The number of benzene rings is 1. The molecule has 2 aromatic rings. The zero-order chi connectivity index (χ0) is 18.6. The first kappa shape index (κ1) is 17.8. The third-order valence-electron chi connectivity index (χ3n) is 5.80. The van der Waals surface area contributed by atoms with Crippen LogP contribution in [0.1, 0.15) is 29.9 Å². The smallest absolute Gasteiger partial charge is 0.146 e. The maximum atomic E-state index is 9.33. The summed E-state index contributed by atoms with van der Waals surface area (Å²) < 4.78 is 5.40. The highest BCUT2D eigenvalue weighted by molar-refractivity contribution is 5.53. The van der Waals surface area contributed by atoms with E-state index in [1.165, 1.54) is 5.56 Å². The molecule has 0 bridgehead atoms. The molecule has 0 spiro atoms. The van der Waals surface area contributed by atoms with E-state index in [1.54, 1.807) is 13.3 Å². The van der Waals surface area contributed by atoms with E-state index in [1.807, 2.05) is 18.2 Å². The Bertz CT molecular complexity index is 825. The first-order valence-corrected chi connectivity index (χ1v) is 9.52. The minimum absolute atomic E-state index is 0.401. The number of nitriles is 1. The van der Waals surface area contributed by atoms with Crippen LogP contribution in [0.5, 0.6) is 5.75 Å². The molecule has 2 aliphatic heterocycles. The number of hydrogen-bond acceptors (Lipinski definition) is 6. The molecule has 6 nitrogen and oxygen atoms in total. The molecule has 6 heteroatoms. The van der Waals surface area contributed by atoms with Crippen molar-refractivity contribution >= 4 is 5.82 Å². The second kappa shape index (κ2) is 7.95. The molecule has 0 radical (unpaired) electrons. The first-order chi connectivity index (χ1) is 13.3. The van der Waals surface area contributed by atoms with Gasteiger partial charge in [0.05, 0.1) is 12.7 Å². The lowest BCUT2D eigenvalue weighted by molar-refractivity contribution is 0.295. The fourth-order valence-electron chi connectivity index (χ4n) is 4.36. The van der Waals surface area contributed by atoms with Crippen LogP contribution < -0.4 is 20.5 Å². The summed E-state index contributed by atoms with van der Waals surface area (Å²) in [6.07, 6.45) is 3.94. The average Bonchev–Trinajstić information content (AvgIpc) is 3.24. The summed E-state index contributed by atoms with van der Waals surface area (Å²) in [6, 6.07) is 14.7. The molecule has 27 heavy (non-hydrogen) atoms. The van der Waals surface area contributed by atoms with Crippen molar-refractivity contribution in [1.29, 1.82) is 5.26 Å². The maximum Gasteiger partial charge on any atom is 0.146 e. The monoisotopic (exact) mass is 363 g/mol. The van der Waals surface area contributed by atoms with Crippen molar-refractivity contribution < 1.29 is 4.74 Å². The second-order valence-corrected chi connectivity index (χ2v) is 7.24. The van der Waals surface area contributed by atoms with Crippen LogP contribution >= 0.6 is 0 Å². The normalized spacial score (nSPS) is 23.2. The largest absolute Gasteiger partial charge is 0.497 e. The second-order valence-electron chi connectivity index (χ2n) is 7.24. The number of aromatic nitrogens is 1. The summed E-state index contributed by atoms with van der Waals surface area (Å²) in [5, 5.41) is 9.33. The number of rotatable bonds is 4. The average molecular weight is 363 g/mol. The zero-order valence-corrected chi connectivity index (χ0v) is 15.6. The Morgan fingerprint density at radius 2 is 2.07 bits per heavy atom. The lowest BCUT2D eigenvalue weighted by Crippen LogP contribution is -2.44. The van der Waals surface area contributed by atoms with Gasteiger partial charge in [-0.25, -0.2) is 4.98 Å². The predicted molar refractivity (Wildman–Crippen MR) is 105 cm³/mol. The Balaban J connectivity index is 1.45. The van der Waals surface area contributed by atoms with Gasteiger partial charge in [-0.2, -0.15) is 5.26 Å². The summed E-state index contributed by atoms with van der Waals surface area (Å²) in [5.74, 6) is 2.75. The van der Waals surface area contributed by atoms with Gasteiger partial charge >= 0.3 is 0 Å². The highest BCUT2D eigenvalue weighted by atomic mass is 16.5. The van der Waals surface area contributed by atoms with Gasteiger partial charge in [0.15, 0.2) is 0 Å². The Labute approximate surface area is 160 Å². The van der Waals surface area contributed by atoms with Crippen molar-refractivity contribution in [2.24, 2.45) is 5.92 Å². The molecule has 1 aromatic heterocycles. The van der Waals surface area contributed by atoms with Gasteiger partial charge in [-0.15, -0.1) is 0 Å². The van der Waals surface area contributed by atoms with Gasteiger partial charge in [0.25, 0.3) is 0 Å². The van der Waals surface area contributed by atoms with Gasteiger partial charge in [0.2, 0.25) is 0 Å². The van der Waals surface area contributed by atoms with E-state index in [-0.39, 0.29) is 0 Å². The Morgan fingerprint density at radius 3 is 2.85 bits per heavy atom. The number of ether oxygens (including phenoxy) is 1. The Kier molecular flexibility index (Phi) is 5.23. The number of hydrogen-bond donors (Lipinski definition) is 2. The number of nitrogens with zero attached hydrogens (tertiary/aromatic N) is 3. The van der Waals surface area contributed by atoms with Gasteiger partial charge in [-0.05, 0) is 48.6 Å². The molecule has 2 unspecified atom stereocenters. The van der Waals surface area contributed by atoms with Crippen LogP contribution in [0.4, 0.5) is 5.82 Å². The molecule has 140 valence electrons. The molecule has 0 saturated carbocycles. The molecule has 2 fully saturated rings. The van der Waals surface area contributed by atoms with Crippen LogP contribution in [-0.2, 0) is 0 Å². The van der Waals surface area contributed by atoms with Crippen LogP contribution in [-0.4, -0.2) is 37.8 Å². The molecule has 2 N–H and O–H groups in total. The van der Waals surface area contributed by atoms with Crippen molar-refractivity contribution in [2.75, 3.05) is 31.6 Å². The number of anilines is 1. The van der Waals surface area contributed by atoms with Gasteiger partial charge < -0.3 is 9.64 Å². The van der Waals surface area contributed by atoms with Gasteiger partial charge in [0.1, 0.15) is 17.6 Å². The molecular weight excluding hydrogens is 338 g/mol. The molecule has 2 saturated heterocycles. The SMILES string of the molecule is COc1cccc(C2CNNC2C2CCN(c3ncccc3C#N)CC2)c1. The van der Waals surface area contributed by atoms with Gasteiger partial charge in [0, 0.05) is 37.8 Å². The molecular formula is C21H25N5O. The zero-order valence-electron chi connectivity index (χ0n) is 15.6. The van der Waals surface area contributed by atoms with Crippen LogP contribution in [0.25, 0.3) is 0 Å². The summed E-state index contributed by atoms with van der Waals surface area (Å²) in [7, 11) is 1.71. The Morgan fingerprint density at radius 1 is 1.22 bits per heavy atom. The molecule has 2 atom stereocenters. The highest BCUT2D eigenvalue weighted by Gasteiger charge is 2.36. The number of methoxy groups -OCH3 is 1. The van der Waals surface area contributed by atoms with Gasteiger partial charge in [-0.3, -0.25) is 10.9 Å². The number of nitrogens with one attached hydrogen (secondary N) is 2. The van der Waals surface area contributed by atoms with Crippen LogP contribution in [0, 0.1) is 17.2 Å². The quantitative estimate of drug-likeness (QED) is 0.869. The summed E-state index contributed by atoms with van der Waals surface area (Å²) in [5.41, 5.74) is 8.84. The topological polar surface area (TPSA) is 73.2 Å². The van der Waals surface area contributed by atoms with E-state index < -0.39 is 0 Å². The molecule has 1 aromatic carbocycles. The Hall–Kier alpha value is -2.62. The van der Waals surface area contributed by atoms with E-state index in [9.17, 15) is 5.26 Å². The molecule has 4 rings (SSSR count). The fraction of sp³-hybridized carbons (Fsp3) is 0.429. The number of piperidine rings is 1. The lowest BCUT2D eigenvalue weighted by Gasteiger charge is -2.37. The molecule has 0 aliphatic carbocycles. The van der Waals surface area contributed by atoms with E-state index in [2.05, 4.69) is 45.0 Å². The van der Waals surface area contributed by atoms with Crippen molar-refractivity contribution in [3.63, 3.8) is 0 Å². The van der Waals surface area contributed by atoms with Crippen LogP contribution in [0.3, 0.4) is 0 Å². The van der Waals surface area contributed by atoms with E-state index in [0.717, 1.165) is 44.0 Å². The minimum atomic E-state index is 0.401. The van der Waals surface area contributed by atoms with E-state index in [4.69, 9.17) is 4.74 Å².